The first-order chi connectivity index (χ1) is 9.97. The van der Waals surface area contributed by atoms with Crippen molar-refractivity contribution in [2.45, 2.75) is 77.1 Å². The zero-order valence-corrected chi connectivity index (χ0v) is 14.0. The Morgan fingerprint density at radius 3 is 2.67 bits per heavy atom. The molecule has 2 heterocycles. The number of nitrogens with zero attached hydrogens (tertiary/aromatic N) is 3. The molecule has 1 saturated heterocycles. The molecule has 21 heavy (non-hydrogen) atoms. The van der Waals surface area contributed by atoms with E-state index in [4.69, 9.17) is 11.6 Å². The van der Waals surface area contributed by atoms with E-state index < -0.39 is 5.60 Å². The smallest absolute Gasteiger partial charge is 0.0851 e. The third-order valence-corrected chi connectivity index (χ3v) is 5.36. The van der Waals surface area contributed by atoms with Crippen molar-refractivity contribution in [1.82, 2.24) is 14.7 Å². The molecule has 0 spiro atoms. The number of aliphatic hydroxyl groups is 1. The Kier molecular flexibility index (Phi) is 4.06. The molecule has 1 aromatic rings. The van der Waals surface area contributed by atoms with Gasteiger partial charge in [-0.3, -0.25) is 9.58 Å². The molecule has 2 atom stereocenters. The molecule has 0 bridgehead atoms. The molecule has 1 aliphatic carbocycles. The lowest BCUT2D eigenvalue weighted by molar-refractivity contribution is 0.0467. The molecule has 2 fully saturated rings. The van der Waals surface area contributed by atoms with Crippen LogP contribution in [-0.2, 0) is 19.4 Å². The first kappa shape index (κ1) is 15.3. The number of aryl methyl sites for hydroxylation is 2. The molecule has 1 aliphatic heterocycles. The summed E-state index contributed by atoms with van der Waals surface area (Å²) in [6.07, 6.45) is 4.85. The van der Waals surface area contributed by atoms with Gasteiger partial charge in [-0.2, -0.15) is 5.10 Å². The maximum Gasteiger partial charge on any atom is 0.0851 e. The van der Waals surface area contributed by atoms with Gasteiger partial charge in [-0.15, -0.1) is 0 Å². The lowest BCUT2D eigenvalue weighted by Gasteiger charge is -2.24. The predicted octanol–water partition coefficient (Wildman–Crippen LogP) is 2.65. The van der Waals surface area contributed by atoms with Gasteiger partial charge in [-0.1, -0.05) is 18.5 Å². The molecule has 1 saturated carbocycles. The molecule has 2 aliphatic rings. The van der Waals surface area contributed by atoms with Gasteiger partial charge in [0, 0.05) is 31.6 Å². The van der Waals surface area contributed by atoms with E-state index in [-0.39, 0.29) is 0 Å². The number of β-amino-alcohol motifs (C(OH)–C–C–N with tert-alkyl or cyclic N) is 1. The Morgan fingerprint density at radius 2 is 2.10 bits per heavy atom. The Balaban J connectivity index is 1.81. The summed E-state index contributed by atoms with van der Waals surface area (Å²) in [6.45, 7) is 7.94. The number of hydrogen-bond donors (Lipinski definition) is 1. The summed E-state index contributed by atoms with van der Waals surface area (Å²) < 4.78 is 1.96. The fourth-order valence-electron chi connectivity index (χ4n) is 3.75. The SMILES string of the molecule is CCc1nn(CC)c(CC2(O)CC(C)N(C3CC3)C2)c1Cl. The van der Waals surface area contributed by atoms with Gasteiger partial charge in [0.1, 0.15) is 0 Å². The molecular formula is C16H26ClN3O. The lowest BCUT2D eigenvalue weighted by atomic mass is 9.94. The largest absolute Gasteiger partial charge is 0.388 e. The van der Waals surface area contributed by atoms with Gasteiger partial charge in [0.05, 0.1) is 22.0 Å². The molecule has 0 radical (unpaired) electrons. The molecule has 1 aromatic heterocycles. The highest BCUT2D eigenvalue weighted by Crippen LogP contribution is 2.39. The van der Waals surface area contributed by atoms with E-state index in [1.807, 2.05) is 4.68 Å². The van der Waals surface area contributed by atoms with Crippen LogP contribution in [0.4, 0.5) is 0 Å². The van der Waals surface area contributed by atoms with Crippen molar-refractivity contribution in [2.24, 2.45) is 0 Å². The van der Waals surface area contributed by atoms with E-state index in [2.05, 4.69) is 30.8 Å². The molecule has 3 rings (SSSR count). The number of aromatic nitrogens is 2. The fraction of sp³-hybridized carbons (Fsp3) is 0.812. The van der Waals surface area contributed by atoms with E-state index in [0.717, 1.165) is 42.3 Å². The van der Waals surface area contributed by atoms with E-state index in [9.17, 15) is 5.11 Å². The summed E-state index contributed by atoms with van der Waals surface area (Å²) >= 11 is 6.49. The van der Waals surface area contributed by atoms with Gasteiger partial charge < -0.3 is 5.11 Å². The molecule has 4 nitrogen and oxygen atoms in total. The second-order valence-corrected chi connectivity index (χ2v) is 7.11. The monoisotopic (exact) mass is 311 g/mol. The fourth-order valence-corrected chi connectivity index (χ4v) is 4.08. The summed E-state index contributed by atoms with van der Waals surface area (Å²) in [5.74, 6) is 0. The van der Waals surface area contributed by atoms with Crippen molar-refractivity contribution in [3.63, 3.8) is 0 Å². The Bertz CT molecular complexity index is 526. The van der Waals surface area contributed by atoms with Crippen LogP contribution in [0.3, 0.4) is 0 Å². The number of hydrogen-bond acceptors (Lipinski definition) is 3. The molecule has 2 unspecified atom stereocenters. The van der Waals surface area contributed by atoms with Crippen LogP contribution in [0.25, 0.3) is 0 Å². The maximum atomic E-state index is 11.0. The predicted molar refractivity (Wildman–Crippen MR) is 84.7 cm³/mol. The van der Waals surface area contributed by atoms with Crippen LogP contribution < -0.4 is 0 Å². The minimum Gasteiger partial charge on any atom is -0.388 e. The minimum atomic E-state index is -0.663. The zero-order chi connectivity index (χ0) is 15.2. The number of likely N-dealkylation sites (tertiary alicyclic amines) is 1. The highest BCUT2D eigenvalue weighted by Gasteiger charge is 2.46. The van der Waals surface area contributed by atoms with Crippen molar-refractivity contribution in [1.29, 1.82) is 0 Å². The van der Waals surface area contributed by atoms with Gasteiger partial charge in [0.2, 0.25) is 0 Å². The molecule has 5 heteroatoms. The van der Waals surface area contributed by atoms with Crippen LogP contribution in [0.15, 0.2) is 0 Å². The van der Waals surface area contributed by atoms with Crippen LogP contribution in [0.1, 0.15) is 51.4 Å². The zero-order valence-electron chi connectivity index (χ0n) is 13.3. The quantitative estimate of drug-likeness (QED) is 0.909. The van der Waals surface area contributed by atoms with Crippen LogP contribution in [0, 0.1) is 0 Å². The van der Waals surface area contributed by atoms with Crippen LogP contribution in [0.2, 0.25) is 5.02 Å². The van der Waals surface area contributed by atoms with Crippen molar-refractivity contribution >= 4 is 11.6 Å². The van der Waals surface area contributed by atoms with Gasteiger partial charge in [-0.05, 0) is 39.5 Å². The summed E-state index contributed by atoms with van der Waals surface area (Å²) in [6, 6.07) is 1.16. The summed E-state index contributed by atoms with van der Waals surface area (Å²) in [5, 5.41) is 16.4. The third-order valence-electron chi connectivity index (χ3n) is 4.92. The molecule has 0 aromatic carbocycles. The first-order valence-corrected chi connectivity index (χ1v) is 8.57. The van der Waals surface area contributed by atoms with Gasteiger partial charge in [-0.25, -0.2) is 0 Å². The third kappa shape index (κ3) is 2.86. The molecule has 1 N–H and O–H groups in total. The van der Waals surface area contributed by atoms with Crippen molar-refractivity contribution < 1.29 is 5.11 Å². The van der Waals surface area contributed by atoms with Crippen LogP contribution in [0.5, 0.6) is 0 Å². The second-order valence-electron chi connectivity index (χ2n) is 6.73. The normalized spacial score (nSPS) is 30.2. The van der Waals surface area contributed by atoms with E-state index in [1.54, 1.807) is 0 Å². The first-order valence-electron chi connectivity index (χ1n) is 8.19. The van der Waals surface area contributed by atoms with E-state index >= 15 is 0 Å². The highest BCUT2D eigenvalue weighted by molar-refractivity contribution is 6.31. The Hall–Kier alpha value is -0.580. The average Bonchev–Trinajstić information content (AvgIpc) is 3.18. The highest BCUT2D eigenvalue weighted by atomic mass is 35.5. The molecule has 0 amide bonds. The number of halogens is 1. The van der Waals surface area contributed by atoms with Gasteiger partial charge >= 0.3 is 0 Å². The van der Waals surface area contributed by atoms with E-state index in [1.165, 1.54) is 12.8 Å². The Labute approximate surface area is 132 Å². The summed E-state index contributed by atoms with van der Waals surface area (Å²) in [5.41, 5.74) is 1.29. The maximum absolute atomic E-state index is 11.0. The molecule has 118 valence electrons. The standard InChI is InChI=1S/C16H26ClN3O/c1-4-13-15(17)14(20(5-2)18-13)9-16(21)8-11(3)19(10-16)12-6-7-12/h11-12,21H,4-10H2,1-3H3. The van der Waals surface area contributed by atoms with Crippen molar-refractivity contribution in [2.75, 3.05) is 6.54 Å². The van der Waals surface area contributed by atoms with Gasteiger partial charge in [0.15, 0.2) is 0 Å². The van der Waals surface area contributed by atoms with Crippen molar-refractivity contribution in [3.8, 4) is 0 Å². The van der Waals surface area contributed by atoms with E-state index in [0.29, 0.717) is 18.5 Å². The minimum absolute atomic E-state index is 0.463. The summed E-state index contributed by atoms with van der Waals surface area (Å²) in [7, 11) is 0. The number of rotatable bonds is 5. The van der Waals surface area contributed by atoms with Crippen LogP contribution >= 0.6 is 11.6 Å². The van der Waals surface area contributed by atoms with Gasteiger partial charge in [0.25, 0.3) is 0 Å². The Morgan fingerprint density at radius 1 is 1.38 bits per heavy atom. The average molecular weight is 312 g/mol. The lowest BCUT2D eigenvalue weighted by Crippen LogP contribution is -2.37. The second kappa shape index (κ2) is 5.56. The summed E-state index contributed by atoms with van der Waals surface area (Å²) in [4.78, 5) is 2.47. The molecular weight excluding hydrogens is 286 g/mol. The van der Waals surface area contributed by atoms with Crippen molar-refractivity contribution in [3.05, 3.63) is 16.4 Å². The van der Waals surface area contributed by atoms with Crippen LogP contribution in [-0.4, -0.2) is 44.0 Å². The topological polar surface area (TPSA) is 41.3 Å².